The van der Waals surface area contributed by atoms with E-state index in [0.717, 1.165) is 6.42 Å². The molecule has 2 aromatic rings. The third-order valence-corrected chi connectivity index (χ3v) is 4.39. The molecule has 1 unspecified atom stereocenters. The van der Waals surface area contributed by atoms with E-state index in [1.165, 1.54) is 24.3 Å². The number of amides is 2. The number of aryl methyl sites for hydroxylation is 1. The fraction of sp³-hybridized carbons (Fsp3) is 0.333. The van der Waals surface area contributed by atoms with Crippen molar-refractivity contribution >= 4 is 23.6 Å². The molecule has 2 amide bonds. The van der Waals surface area contributed by atoms with Crippen LogP contribution in [0, 0.1) is 0 Å². The summed E-state index contributed by atoms with van der Waals surface area (Å²) in [6.07, 6.45) is 2.94. The molecule has 136 valence electrons. The number of hydrogen-bond acceptors (Lipinski definition) is 4. The van der Waals surface area contributed by atoms with E-state index in [1.54, 1.807) is 21.8 Å². The van der Waals surface area contributed by atoms with E-state index in [2.05, 4.69) is 10.4 Å². The number of benzene rings is 1. The molecule has 0 aliphatic carbocycles. The predicted molar refractivity (Wildman–Crippen MR) is 94.1 cm³/mol. The molecule has 0 spiro atoms. The molecule has 1 aliphatic rings. The Bertz CT molecular complexity index is 845. The van der Waals surface area contributed by atoms with E-state index in [-0.39, 0.29) is 17.0 Å². The molecule has 2 N–H and O–H groups in total. The van der Waals surface area contributed by atoms with E-state index < -0.39 is 17.9 Å². The number of carboxylic acids is 1. The van der Waals surface area contributed by atoms with Gasteiger partial charge in [-0.15, -0.1) is 0 Å². The van der Waals surface area contributed by atoms with Crippen molar-refractivity contribution in [3.63, 3.8) is 0 Å². The van der Waals surface area contributed by atoms with Crippen LogP contribution in [0.1, 0.15) is 40.5 Å². The van der Waals surface area contributed by atoms with Crippen molar-refractivity contribution in [2.75, 3.05) is 11.4 Å². The molecule has 1 atom stereocenters. The number of anilines is 1. The highest BCUT2D eigenvalue weighted by Crippen LogP contribution is 2.21. The number of hydrogen-bond donors (Lipinski definition) is 2. The maximum Gasteiger partial charge on any atom is 0.335 e. The van der Waals surface area contributed by atoms with E-state index in [0.29, 0.717) is 25.3 Å². The van der Waals surface area contributed by atoms with Crippen molar-refractivity contribution in [3.05, 3.63) is 47.7 Å². The Morgan fingerprint density at radius 2 is 2.08 bits per heavy atom. The topological polar surface area (TPSA) is 105 Å². The second kappa shape index (κ2) is 7.38. The number of carbonyl (C=O) groups excluding carboxylic acids is 2. The highest BCUT2D eigenvalue weighted by atomic mass is 16.4. The van der Waals surface area contributed by atoms with Gasteiger partial charge in [0.25, 0.3) is 11.8 Å². The van der Waals surface area contributed by atoms with Crippen molar-refractivity contribution in [3.8, 4) is 0 Å². The van der Waals surface area contributed by atoms with Crippen LogP contribution < -0.4 is 10.2 Å². The van der Waals surface area contributed by atoms with Crippen LogP contribution in [0.4, 0.5) is 5.82 Å². The summed E-state index contributed by atoms with van der Waals surface area (Å²) in [6, 6.07) is 6.88. The van der Waals surface area contributed by atoms with Crippen LogP contribution in [0.3, 0.4) is 0 Å². The molecule has 1 aromatic carbocycles. The van der Waals surface area contributed by atoms with Gasteiger partial charge < -0.3 is 10.4 Å². The number of piperidine rings is 1. The Balaban J connectivity index is 1.75. The summed E-state index contributed by atoms with van der Waals surface area (Å²) in [5, 5.41) is 16.0. The quantitative estimate of drug-likeness (QED) is 0.845. The molecule has 0 bridgehead atoms. The predicted octanol–water partition coefficient (Wildman–Crippen LogP) is 1.53. The first kappa shape index (κ1) is 17.7. The Hall–Kier alpha value is -3.16. The maximum atomic E-state index is 12.8. The van der Waals surface area contributed by atoms with Gasteiger partial charge in [-0.05, 0) is 38.0 Å². The van der Waals surface area contributed by atoms with E-state index in [1.807, 2.05) is 6.92 Å². The van der Waals surface area contributed by atoms with Gasteiger partial charge in [0.15, 0.2) is 0 Å². The van der Waals surface area contributed by atoms with Gasteiger partial charge in [0.2, 0.25) is 0 Å². The summed E-state index contributed by atoms with van der Waals surface area (Å²) < 4.78 is 1.73. The standard InChI is InChI=1S/C18H20N4O4/c1-2-22-15(8-9-19-22)21-10-4-7-14(17(21)24)20-16(23)12-5-3-6-13(11-12)18(25)26/h3,5-6,8-9,11,14H,2,4,7,10H2,1H3,(H,20,23)(H,25,26). The number of nitrogens with zero attached hydrogens (tertiary/aromatic N) is 3. The second-order valence-electron chi connectivity index (χ2n) is 6.05. The van der Waals surface area contributed by atoms with Crippen molar-refractivity contribution in [2.45, 2.75) is 32.4 Å². The summed E-state index contributed by atoms with van der Waals surface area (Å²) in [5.74, 6) is -1.04. The average Bonchev–Trinajstić information content (AvgIpc) is 3.12. The zero-order chi connectivity index (χ0) is 18.7. The average molecular weight is 356 g/mol. The van der Waals surface area contributed by atoms with E-state index >= 15 is 0 Å². The molecule has 1 saturated heterocycles. The third kappa shape index (κ3) is 3.44. The first-order chi connectivity index (χ1) is 12.5. The monoisotopic (exact) mass is 356 g/mol. The number of aromatic nitrogens is 2. The Morgan fingerprint density at radius 3 is 2.81 bits per heavy atom. The molecular weight excluding hydrogens is 336 g/mol. The number of nitrogens with one attached hydrogen (secondary N) is 1. The number of aromatic carboxylic acids is 1. The van der Waals surface area contributed by atoms with Gasteiger partial charge in [-0.2, -0.15) is 5.10 Å². The molecule has 8 heteroatoms. The van der Waals surface area contributed by atoms with Crippen LogP contribution in [-0.4, -0.2) is 45.3 Å². The van der Waals surface area contributed by atoms with Gasteiger partial charge >= 0.3 is 5.97 Å². The van der Waals surface area contributed by atoms with Gasteiger partial charge in [0.1, 0.15) is 11.9 Å². The van der Waals surface area contributed by atoms with Crippen LogP contribution in [0.15, 0.2) is 36.5 Å². The highest BCUT2D eigenvalue weighted by Gasteiger charge is 2.32. The molecule has 0 saturated carbocycles. The Morgan fingerprint density at radius 1 is 1.31 bits per heavy atom. The molecular formula is C18H20N4O4. The van der Waals surface area contributed by atoms with Crippen molar-refractivity contribution in [2.24, 2.45) is 0 Å². The lowest BCUT2D eigenvalue weighted by molar-refractivity contribution is -0.121. The van der Waals surface area contributed by atoms with Gasteiger partial charge in [-0.3, -0.25) is 14.5 Å². The van der Waals surface area contributed by atoms with Crippen LogP contribution in [0.25, 0.3) is 0 Å². The fourth-order valence-corrected chi connectivity index (χ4v) is 3.07. The smallest absolute Gasteiger partial charge is 0.335 e. The van der Waals surface area contributed by atoms with Crippen molar-refractivity contribution < 1.29 is 19.5 Å². The van der Waals surface area contributed by atoms with Gasteiger partial charge in [-0.25, -0.2) is 9.48 Å². The number of carbonyl (C=O) groups is 3. The summed E-state index contributed by atoms with van der Waals surface area (Å²) in [6.45, 7) is 3.16. The molecule has 3 rings (SSSR count). The summed E-state index contributed by atoms with van der Waals surface area (Å²) in [4.78, 5) is 38.0. The van der Waals surface area contributed by atoms with E-state index in [9.17, 15) is 14.4 Å². The molecule has 1 aliphatic heterocycles. The minimum absolute atomic E-state index is 0.0288. The zero-order valence-electron chi connectivity index (χ0n) is 14.4. The van der Waals surface area contributed by atoms with Crippen LogP contribution in [0.2, 0.25) is 0 Å². The first-order valence-corrected chi connectivity index (χ1v) is 8.48. The molecule has 26 heavy (non-hydrogen) atoms. The lowest BCUT2D eigenvalue weighted by atomic mass is 10.0. The second-order valence-corrected chi connectivity index (χ2v) is 6.05. The normalized spacial score (nSPS) is 17.2. The summed E-state index contributed by atoms with van der Waals surface area (Å²) >= 11 is 0. The largest absolute Gasteiger partial charge is 0.478 e. The highest BCUT2D eigenvalue weighted by molar-refractivity contribution is 6.03. The van der Waals surface area contributed by atoms with Gasteiger partial charge in [0.05, 0.1) is 11.8 Å². The minimum atomic E-state index is -1.10. The molecule has 0 radical (unpaired) electrons. The summed E-state index contributed by atoms with van der Waals surface area (Å²) in [5.41, 5.74) is 0.245. The third-order valence-electron chi connectivity index (χ3n) is 4.39. The van der Waals surface area contributed by atoms with Crippen LogP contribution >= 0.6 is 0 Å². The van der Waals surface area contributed by atoms with Gasteiger partial charge in [0, 0.05) is 24.7 Å². The Labute approximate surface area is 150 Å². The SMILES string of the molecule is CCn1nccc1N1CCCC(NC(=O)c2cccc(C(=O)O)c2)C1=O. The zero-order valence-corrected chi connectivity index (χ0v) is 14.4. The van der Waals surface area contributed by atoms with Gasteiger partial charge in [-0.1, -0.05) is 6.07 Å². The van der Waals surface area contributed by atoms with E-state index in [4.69, 9.17) is 5.11 Å². The lowest BCUT2D eigenvalue weighted by Crippen LogP contribution is -2.53. The number of rotatable bonds is 5. The summed E-state index contributed by atoms with van der Waals surface area (Å²) in [7, 11) is 0. The molecule has 2 heterocycles. The molecule has 8 nitrogen and oxygen atoms in total. The Kier molecular flexibility index (Phi) is 5.01. The molecule has 1 aromatic heterocycles. The molecule has 1 fully saturated rings. The maximum absolute atomic E-state index is 12.8. The van der Waals surface area contributed by atoms with Crippen molar-refractivity contribution in [1.29, 1.82) is 0 Å². The number of carboxylic acid groups (broad SMARTS) is 1. The van der Waals surface area contributed by atoms with Crippen LogP contribution in [-0.2, 0) is 11.3 Å². The van der Waals surface area contributed by atoms with Crippen molar-refractivity contribution in [1.82, 2.24) is 15.1 Å². The van der Waals surface area contributed by atoms with Crippen LogP contribution in [0.5, 0.6) is 0 Å². The fourth-order valence-electron chi connectivity index (χ4n) is 3.07. The lowest BCUT2D eigenvalue weighted by Gasteiger charge is -2.32. The first-order valence-electron chi connectivity index (χ1n) is 8.48. The minimum Gasteiger partial charge on any atom is -0.478 e.